The van der Waals surface area contributed by atoms with Gasteiger partial charge in [-0.25, -0.2) is 0 Å². The van der Waals surface area contributed by atoms with Gasteiger partial charge in [-0.2, -0.15) is 0 Å². The smallest absolute Gasteiger partial charge is 0.377 e. The Labute approximate surface area is 95.5 Å². The van der Waals surface area contributed by atoms with Crippen LogP contribution in [0.2, 0.25) is 6.04 Å². The highest BCUT2D eigenvalue weighted by Crippen LogP contribution is 2.19. The van der Waals surface area contributed by atoms with Crippen LogP contribution in [0.25, 0.3) is 0 Å². The fraction of sp³-hybridized carbons (Fsp3) is 0.909. The molecule has 1 radical (unpaired) electrons. The highest BCUT2D eigenvalue weighted by molar-refractivity contribution is 6.60. The monoisotopic (exact) mass is 233 g/mol. The molecule has 0 saturated heterocycles. The van der Waals surface area contributed by atoms with Gasteiger partial charge in [-0.05, 0) is 20.3 Å². The van der Waals surface area contributed by atoms with Gasteiger partial charge in [-0.15, -0.1) is 0 Å². The molecule has 0 fully saturated rings. The Bertz CT molecular complexity index is 136. The van der Waals surface area contributed by atoms with Crippen LogP contribution in [0.5, 0.6) is 0 Å². The lowest BCUT2D eigenvalue weighted by Gasteiger charge is -2.27. The maximum atomic E-state index is 5.68. The molecule has 0 N–H and O–H groups in total. The Hall–Kier alpha value is 0.0969. The minimum absolute atomic E-state index is 0.662. The van der Waals surface area contributed by atoms with Crippen molar-refractivity contribution in [3.8, 4) is 0 Å². The van der Waals surface area contributed by atoms with Gasteiger partial charge >= 0.3 is 8.80 Å². The average Bonchev–Trinajstić information content (AvgIpc) is 2.25. The van der Waals surface area contributed by atoms with Crippen molar-refractivity contribution < 1.29 is 13.3 Å². The van der Waals surface area contributed by atoms with Gasteiger partial charge < -0.3 is 13.3 Å². The second-order valence-corrected chi connectivity index (χ2v) is 6.27. The molecule has 0 heterocycles. The van der Waals surface area contributed by atoms with Crippen molar-refractivity contribution in [1.82, 2.24) is 0 Å². The molecule has 0 aromatic rings. The molecule has 91 valence electrons. The maximum Gasteiger partial charge on any atom is 0.500 e. The molecule has 0 aliphatic heterocycles. The Morgan fingerprint density at radius 3 is 2.00 bits per heavy atom. The summed E-state index contributed by atoms with van der Waals surface area (Å²) in [5.74, 6) is 0. The summed E-state index contributed by atoms with van der Waals surface area (Å²) < 4.78 is 16.8. The molecule has 0 aromatic heterocycles. The number of rotatable bonds is 10. The first-order chi connectivity index (χ1) is 7.24. The van der Waals surface area contributed by atoms with E-state index in [1.165, 1.54) is 12.8 Å². The Morgan fingerprint density at radius 2 is 1.60 bits per heavy atom. The molecule has 0 bridgehead atoms. The fourth-order valence-corrected chi connectivity index (χ4v) is 3.92. The van der Waals surface area contributed by atoms with Gasteiger partial charge in [0, 0.05) is 26.4 Å². The summed E-state index contributed by atoms with van der Waals surface area (Å²) in [7, 11) is -0.647. The second-order valence-electron chi connectivity index (χ2n) is 3.42. The molecule has 0 aliphatic carbocycles. The van der Waals surface area contributed by atoms with E-state index in [-0.39, 0.29) is 0 Å². The van der Waals surface area contributed by atoms with Crippen LogP contribution in [0.4, 0.5) is 0 Å². The summed E-state index contributed by atoms with van der Waals surface area (Å²) in [6.45, 7) is 9.12. The number of unbranched alkanes of at least 4 members (excludes halogenated alkanes) is 3. The van der Waals surface area contributed by atoms with Crippen LogP contribution in [0.15, 0.2) is 0 Å². The van der Waals surface area contributed by atoms with Gasteiger partial charge in [-0.1, -0.05) is 26.2 Å². The van der Waals surface area contributed by atoms with Crippen LogP contribution in [0.1, 0.15) is 39.5 Å². The van der Waals surface area contributed by atoms with E-state index in [9.17, 15) is 0 Å². The van der Waals surface area contributed by atoms with E-state index in [1.54, 1.807) is 7.11 Å². The molecule has 0 rings (SSSR count). The minimum Gasteiger partial charge on any atom is -0.377 e. The van der Waals surface area contributed by atoms with Crippen LogP contribution in [0, 0.1) is 6.92 Å². The van der Waals surface area contributed by atoms with Crippen molar-refractivity contribution in [2.24, 2.45) is 0 Å². The van der Waals surface area contributed by atoms with Crippen molar-refractivity contribution >= 4 is 8.80 Å². The molecule has 0 aliphatic rings. The van der Waals surface area contributed by atoms with E-state index in [0.717, 1.165) is 18.9 Å². The van der Waals surface area contributed by atoms with Gasteiger partial charge in [0.2, 0.25) is 0 Å². The Morgan fingerprint density at radius 1 is 1.00 bits per heavy atom. The fourth-order valence-electron chi connectivity index (χ4n) is 1.54. The molecule has 0 unspecified atom stereocenters. The highest BCUT2D eigenvalue weighted by atomic mass is 28.4. The summed E-state index contributed by atoms with van der Waals surface area (Å²) in [6, 6.07) is 0.922. The van der Waals surface area contributed by atoms with Gasteiger partial charge in [0.1, 0.15) is 0 Å². The summed E-state index contributed by atoms with van der Waals surface area (Å²) >= 11 is 0. The maximum absolute atomic E-state index is 5.68. The third-order valence-electron chi connectivity index (χ3n) is 2.27. The zero-order valence-corrected chi connectivity index (χ0v) is 11.4. The molecular weight excluding hydrogens is 208 g/mol. The van der Waals surface area contributed by atoms with Crippen molar-refractivity contribution in [2.75, 3.05) is 20.3 Å². The van der Waals surface area contributed by atoms with Crippen molar-refractivity contribution in [2.45, 2.75) is 45.6 Å². The lowest BCUT2D eigenvalue weighted by Crippen LogP contribution is -2.44. The predicted octanol–water partition coefficient (Wildman–Crippen LogP) is 3.04. The lowest BCUT2D eigenvalue weighted by atomic mass is 10.2. The summed E-state index contributed by atoms with van der Waals surface area (Å²) in [4.78, 5) is 0. The van der Waals surface area contributed by atoms with E-state index >= 15 is 0 Å². The van der Waals surface area contributed by atoms with E-state index in [1.807, 2.05) is 13.8 Å². The third-order valence-corrected chi connectivity index (χ3v) is 5.32. The lowest BCUT2D eigenvalue weighted by molar-refractivity contribution is 0.0859. The van der Waals surface area contributed by atoms with Crippen LogP contribution < -0.4 is 0 Å². The van der Waals surface area contributed by atoms with Crippen LogP contribution in [0.3, 0.4) is 0 Å². The van der Waals surface area contributed by atoms with Gasteiger partial charge in [0.15, 0.2) is 0 Å². The first-order valence-electron chi connectivity index (χ1n) is 5.87. The first kappa shape index (κ1) is 15.1. The number of hydrogen-bond donors (Lipinski definition) is 0. The van der Waals surface area contributed by atoms with Gasteiger partial charge in [0.25, 0.3) is 0 Å². The van der Waals surface area contributed by atoms with Crippen LogP contribution >= 0.6 is 0 Å². The molecule has 0 amide bonds. The molecule has 4 heteroatoms. The van der Waals surface area contributed by atoms with Crippen LogP contribution in [-0.4, -0.2) is 29.1 Å². The predicted molar refractivity (Wildman–Crippen MR) is 64.6 cm³/mol. The molecular formula is C11H25O3Si. The van der Waals surface area contributed by atoms with E-state index < -0.39 is 8.80 Å². The van der Waals surface area contributed by atoms with Gasteiger partial charge in [0.05, 0.1) is 0 Å². The van der Waals surface area contributed by atoms with Gasteiger partial charge in [-0.3, -0.25) is 0 Å². The van der Waals surface area contributed by atoms with E-state index in [0.29, 0.717) is 13.2 Å². The summed E-state index contributed by atoms with van der Waals surface area (Å²) in [5.41, 5.74) is 0. The highest BCUT2D eigenvalue weighted by Gasteiger charge is 2.38. The van der Waals surface area contributed by atoms with Crippen molar-refractivity contribution in [1.29, 1.82) is 0 Å². The average molecular weight is 233 g/mol. The first-order valence-corrected chi connectivity index (χ1v) is 7.80. The molecule has 0 spiro atoms. The van der Waals surface area contributed by atoms with E-state index in [2.05, 4.69) is 6.92 Å². The SMILES string of the molecule is [CH2]CCCCC[Si](OC)(OCC)OCC. The molecule has 0 atom stereocenters. The molecule has 0 saturated carbocycles. The normalized spacial score (nSPS) is 12.0. The minimum atomic E-state index is -2.34. The Balaban J connectivity index is 3.96. The molecule has 3 nitrogen and oxygen atoms in total. The molecule has 15 heavy (non-hydrogen) atoms. The zero-order valence-electron chi connectivity index (χ0n) is 10.4. The van der Waals surface area contributed by atoms with E-state index in [4.69, 9.17) is 13.3 Å². The quantitative estimate of drug-likeness (QED) is 0.429. The largest absolute Gasteiger partial charge is 0.500 e. The zero-order chi connectivity index (χ0) is 11.6. The standard InChI is InChI=1S/C11H25O3Si/c1-5-8-9-10-11-15(12-4,13-6-2)14-7-3/h1,5-11H2,2-4H3. The van der Waals surface area contributed by atoms with Crippen molar-refractivity contribution in [3.63, 3.8) is 0 Å². The summed E-state index contributed by atoms with van der Waals surface area (Å²) in [6.07, 6.45) is 4.47. The number of hydrogen-bond acceptors (Lipinski definition) is 3. The van der Waals surface area contributed by atoms with Crippen molar-refractivity contribution in [3.05, 3.63) is 6.92 Å². The summed E-state index contributed by atoms with van der Waals surface area (Å²) in [5, 5.41) is 0. The van der Waals surface area contributed by atoms with Crippen LogP contribution in [-0.2, 0) is 13.3 Å². The third kappa shape index (κ3) is 6.30. The topological polar surface area (TPSA) is 27.7 Å². The molecule has 0 aromatic carbocycles. The second kappa shape index (κ2) is 9.33. The Kier molecular flexibility index (Phi) is 9.39.